The Labute approximate surface area is 148 Å². The van der Waals surface area contributed by atoms with Gasteiger partial charge in [-0.3, -0.25) is 0 Å². The molecule has 1 fully saturated rings. The van der Waals surface area contributed by atoms with Crippen LogP contribution in [0.3, 0.4) is 0 Å². The standard InChI is InChI=1S/C17H26ClN3O3/c1-12-11-19-15(20-14(12)18)23-10-8-13-7-5-6-9-21(13)16(22)24-17(2,3)4/h11,13H,5-10H2,1-4H3/t13-/m1/s1. The van der Waals surface area contributed by atoms with Crippen LogP contribution in [0.1, 0.15) is 52.0 Å². The Morgan fingerprint density at radius 2 is 2.17 bits per heavy atom. The van der Waals surface area contributed by atoms with Crippen LogP contribution in [-0.2, 0) is 4.74 Å². The monoisotopic (exact) mass is 355 g/mol. The van der Waals surface area contributed by atoms with Crippen LogP contribution in [0.5, 0.6) is 6.01 Å². The minimum atomic E-state index is -0.484. The van der Waals surface area contributed by atoms with Gasteiger partial charge in [-0.05, 0) is 47.0 Å². The second-order valence-electron chi connectivity index (χ2n) is 7.09. The molecule has 1 aromatic rings. The molecule has 0 unspecified atom stereocenters. The normalized spacial score (nSPS) is 18.4. The molecular formula is C17H26ClN3O3. The smallest absolute Gasteiger partial charge is 0.410 e. The summed E-state index contributed by atoms with van der Waals surface area (Å²) in [6.07, 6.45) is 5.18. The molecule has 1 saturated heterocycles. The third-order valence-corrected chi connectivity index (χ3v) is 4.21. The van der Waals surface area contributed by atoms with Crippen molar-refractivity contribution in [1.29, 1.82) is 0 Å². The maximum absolute atomic E-state index is 12.4. The highest BCUT2D eigenvalue weighted by Gasteiger charge is 2.30. The molecule has 0 spiro atoms. The summed E-state index contributed by atoms with van der Waals surface area (Å²) < 4.78 is 11.1. The highest BCUT2D eigenvalue weighted by Crippen LogP contribution is 2.23. The van der Waals surface area contributed by atoms with Crippen LogP contribution < -0.4 is 4.74 Å². The number of ether oxygens (including phenoxy) is 2. The number of amides is 1. The van der Waals surface area contributed by atoms with Gasteiger partial charge in [0.25, 0.3) is 0 Å². The first kappa shape index (κ1) is 18.8. The maximum atomic E-state index is 12.4. The number of aromatic nitrogens is 2. The summed E-state index contributed by atoms with van der Waals surface area (Å²) in [7, 11) is 0. The lowest BCUT2D eigenvalue weighted by Gasteiger charge is -2.36. The van der Waals surface area contributed by atoms with E-state index in [2.05, 4.69) is 9.97 Å². The van der Waals surface area contributed by atoms with E-state index in [0.29, 0.717) is 18.2 Å². The molecule has 1 atom stereocenters. The lowest BCUT2D eigenvalue weighted by molar-refractivity contribution is 0.00732. The number of hydrogen-bond acceptors (Lipinski definition) is 5. The molecule has 0 radical (unpaired) electrons. The Hall–Kier alpha value is -1.56. The highest BCUT2D eigenvalue weighted by molar-refractivity contribution is 6.30. The summed E-state index contributed by atoms with van der Waals surface area (Å²) in [6.45, 7) is 8.64. The number of piperidine rings is 1. The first-order chi connectivity index (χ1) is 11.3. The maximum Gasteiger partial charge on any atom is 0.410 e. The van der Waals surface area contributed by atoms with Crippen molar-refractivity contribution in [2.75, 3.05) is 13.2 Å². The fourth-order valence-electron chi connectivity index (χ4n) is 2.62. The van der Waals surface area contributed by atoms with Crippen molar-refractivity contribution in [2.45, 2.75) is 65.0 Å². The highest BCUT2D eigenvalue weighted by atomic mass is 35.5. The van der Waals surface area contributed by atoms with E-state index in [1.54, 1.807) is 6.20 Å². The Kier molecular flexibility index (Phi) is 6.27. The number of aryl methyl sites for hydroxylation is 1. The molecule has 1 aliphatic heterocycles. The Balaban J connectivity index is 1.88. The lowest BCUT2D eigenvalue weighted by Crippen LogP contribution is -2.46. The molecule has 24 heavy (non-hydrogen) atoms. The van der Waals surface area contributed by atoms with E-state index in [1.165, 1.54) is 0 Å². The minimum absolute atomic E-state index is 0.120. The minimum Gasteiger partial charge on any atom is -0.463 e. The van der Waals surface area contributed by atoms with E-state index in [4.69, 9.17) is 21.1 Å². The SMILES string of the molecule is Cc1cnc(OCC[C@H]2CCCCN2C(=O)OC(C)(C)C)nc1Cl. The molecule has 1 amide bonds. The lowest BCUT2D eigenvalue weighted by atomic mass is 10.0. The third-order valence-electron chi connectivity index (χ3n) is 3.83. The zero-order chi connectivity index (χ0) is 17.7. The molecule has 0 aliphatic carbocycles. The number of likely N-dealkylation sites (tertiary alicyclic amines) is 1. The van der Waals surface area contributed by atoms with Gasteiger partial charge in [0.1, 0.15) is 10.8 Å². The molecule has 1 aliphatic rings. The summed E-state index contributed by atoms with van der Waals surface area (Å²) in [5.74, 6) is 0. The van der Waals surface area contributed by atoms with Gasteiger partial charge in [0.15, 0.2) is 0 Å². The van der Waals surface area contributed by atoms with Gasteiger partial charge in [-0.2, -0.15) is 4.98 Å². The third kappa shape index (κ3) is 5.51. The second-order valence-corrected chi connectivity index (χ2v) is 7.44. The Morgan fingerprint density at radius 3 is 2.83 bits per heavy atom. The van der Waals surface area contributed by atoms with E-state index in [0.717, 1.165) is 31.4 Å². The Morgan fingerprint density at radius 1 is 1.42 bits per heavy atom. The number of hydrogen-bond donors (Lipinski definition) is 0. The average Bonchev–Trinajstić information content (AvgIpc) is 2.49. The molecule has 0 bridgehead atoms. The number of rotatable bonds is 4. The summed E-state index contributed by atoms with van der Waals surface area (Å²) in [5.41, 5.74) is 0.328. The summed E-state index contributed by atoms with van der Waals surface area (Å²) in [4.78, 5) is 22.4. The van der Waals surface area contributed by atoms with Gasteiger partial charge in [0.05, 0.1) is 6.61 Å². The van der Waals surface area contributed by atoms with E-state index in [-0.39, 0.29) is 18.1 Å². The Bertz CT molecular complexity index is 575. The van der Waals surface area contributed by atoms with E-state index in [9.17, 15) is 4.79 Å². The first-order valence-corrected chi connectivity index (χ1v) is 8.75. The van der Waals surface area contributed by atoms with Gasteiger partial charge >= 0.3 is 12.1 Å². The van der Waals surface area contributed by atoms with Crippen molar-refractivity contribution in [2.24, 2.45) is 0 Å². The van der Waals surface area contributed by atoms with Crippen LogP contribution in [0.15, 0.2) is 6.20 Å². The van der Waals surface area contributed by atoms with Gasteiger partial charge in [-0.15, -0.1) is 0 Å². The van der Waals surface area contributed by atoms with E-state index in [1.807, 2.05) is 32.6 Å². The summed E-state index contributed by atoms with van der Waals surface area (Å²) >= 11 is 5.97. The molecule has 7 heteroatoms. The van der Waals surface area contributed by atoms with Crippen molar-refractivity contribution in [3.05, 3.63) is 16.9 Å². The van der Waals surface area contributed by atoms with Crippen LogP contribution >= 0.6 is 11.6 Å². The number of halogens is 1. The van der Waals surface area contributed by atoms with Crippen LogP contribution in [0, 0.1) is 6.92 Å². The van der Waals surface area contributed by atoms with Crippen molar-refractivity contribution in [3.63, 3.8) is 0 Å². The zero-order valence-electron chi connectivity index (χ0n) is 14.8. The van der Waals surface area contributed by atoms with Crippen molar-refractivity contribution < 1.29 is 14.3 Å². The van der Waals surface area contributed by atoms with Crippen molar-refractivity contribution in [3.8, 4) is 6.01 Å². The van der Waals surface area contributed by atoms with Crippen molar-refractivity contribution >= 4 is 17.7 Å². The molecule has 1 aromatic heterocycles. The van der Waals surface area contributed by atoms with Gasteiger partial charge in [-0.1, -0.05) is 11.6 Å². The predicted octanol–water partition coefficient (Wildman–Crippen LogP) is 4.00. The second kappa shape index (κ2) is 8.01. The molecule has 0 N–H and O–H groups in total. The number of carbonyl (C=O) groups excluding carboxylic acids is 1. The first-order valence-electron chi connectivity index (χ1n) is 8.38. The van der Waals surface area contributed by atoms with Crippen LogP contribution in [0.25, 0.3) is 0 Å². The molecular weight excluding hydrogens is 330 g/mol. The molecule has 0 aromatic carbocycles. The van der Waals surface area contributed by atoms with Crippen LogP contribution in [0.4, 0.5) is 4.79 Å². The molecule has 0 saturated carbocycles. The van der Waals surface area contributed by atoms with Crippen LogP contribution in [-0.4, -0.2) is 45.8 Å². The van der Waals surface area contributed by atoms with Crippen molar-refractivity contribution in [1.82, 2.24) is 14.9 Å². The molecule has 6 nitrogen and oxygen atoms in total. The molecule has 2 heterocycles. The average molecular weight is 356 g/mol. The van der Waals surface area contributed by atoms with Crippen LogP contribution in [0.2, 0.25) is 5.15 Å². The number of carbonyl (C=O) groups is 1. The quantitative estimate of drug-likeness (QED) is 0.764. The largest absolute Gasteiger partial charge is 0.463 e. The topological polar surface area (TPSA) is 64.5 Å². The van der Waals surface area contributed by atoms with E-state index >= 15 is 0 Å². The van der Waals surface area contributed by atoms with Gasteiger partial charge in [0.2, 0.25) is 0 Å². The summed E-state index contributed by atoms with van der Waals surface area (Å²) in [6, 6.07) is 0.389. The zero-order valence-corrected chi connectivity index (χ0v) is 15.6. The summed E-state index contributed by atoms with van der Waals surface area (Å²) in [5, 5.41) is 0.396. The van der Waals surface area contributed by atoms with Gasteiger partial charge < -0.3 is 14.4 Å². The fourth-order valence-corrected chi connectivity index (χ4v) is 2.74. The molecule has 2 rings (SSSR count). The predicted molar refractivity (Wildman–Crippen MR) is 92.5 cm³/mol. The fraction of sp³-hybridized carbons (Fsp3) is 0.706. The van der Waals surface area contributed by atoms with Gasteiger partial charge in [-0.25, -0.2) is 9.78 Å². The molecule has 134 valence electrons. The number of nitrogens with zero attached hydrogens (tertiary/aromatic N) is 3. The van der Waals surface area contributed by atoms with E-state index < -0.39 is 5.60 Å². The van der Waals surface area contributed by atoms with Gasteiger partial charge in [0, 0.05) is 30.8 Å².